The van der Waals surface area contributed by atoms with Crippen molar-refractivity contribution >= 4 is 39.3 Å². The highest BCUT2D eigenvalue weighted by Gasteiger charge is 2.51. The maximum absolute atomic E-state index is 13.0. The third-order valence-electron chi connectivity index (χ3n) is 4.98. The Hall–Kier alpha value is -1.95. The summed E-state index contributed by atoms with van der Waals surface area (Å²) in [5.74, 6) is -1.21. The predicted octanol–water partition coefficient (Wildman–Crippen LogP) is 3.75. The highest BCUT2D eigenvalue weighted by molar-refractivity contribution is 9.10. The minimum absolute atomic E-state index is 0.173. The average molecular weight is 419 g/mol. The van der Waals surface area contributed by atoms with Gasteiger partial charge in [0.15, 0.2) is 0 Å². The molecular weight excluding hydrogens is 396 g/mol. The number of halogens is 1. The van der Waals surface area contributed by atoms with Gasteiger partial charge in [-0.25, -0.2) is 0 Å². The maximum atomic E-state index is 13.0. The molecule has 3 rings (SSSR count). The van der Waals surface area contributed by atoms with Crippen LogP contribution in [-0.4, -0.2) is 28.7 Å². The highest BCUT2D eigenvalue weighted by Crippen LogP contribution is 2.37. The summed E-state index contributed by atoms with van der Waals surface area (Å²) in [6.07, 6.45) is 5.50. The van der Waals surface area contributed by atoms with Crippen LogP contribution >= 0.6 is 15.9 Å². The number of nitrogens with zero attached hydrogens (tertiary/aromatic N) is 1. The highest BCUT2D eigenvalue weighted by atomic mass is 79.9. The van der Waals surface area contributed by atoms with Gasteiger partial charge in [-0.1, -0.05) is 38.1 Å². The van der Waals surface area contributed by atoms with Crippen LogP contribution in [0.15, 0.2) is 40.9 Å². The number of benzene rings is 1. The number of nitrogens with one attached hydrogen (secondary N) is 1. The van der Waals surface area contributed by atoms with E-state index in [-0.39, 0.29) is 35.5 Å². The Morgan fingerprint density at radius 2 is 1.73 bits per heavy atom. The molecule has 1 N–H and O–H groups in total. The quantitative estimate of drug-likeness (QED) is 0.584. The summed E-state index contributed by atoms with van der Waals surface area (Å²) in [4.78, 5) is 40.0. The Kier molecular flexibility index (Phi) is 5.61. The van der Waals surface area contributed by atoms with E-state index < -0.39 is 6.04 Å². The van der Waals surface area contributed by atoms with E-state index in [4.69, 9.17) is 0 Å². The molecule has 1 saturated heterocycles. The molecule has 3 atom stereocenters. The standard InChI is InChI=1S/C20H23BrN2O3/c1-12(2)11-17(18(24)22-16-10-6-5-9-15(16)21)23-19(25)13-7-3-4-8-14(13)20(23)26/h3-6,9-10,12-14,17H,7-8,11H2,1-2H3,(H,22,24). The number of hydrogen-bond acceptors (Lipinski definition) is 3. The van der Waals surface area contributed by atoms with E-state index in [9.17, 15) is 14.4 Å². The van der Waals surface area contributed by atoms with Crippen molar-refractivity contribution in [2.75, 3.05) is 5.32 Å². The van der Waals surface area contributed by atoms with Gasteiger partial charge in [-0.15, -0.1) is 0 Å². The Bertz CT molecular complexity index is 733. The van der Waals surface area contributed by atoms with Crippen molar-refractivity contribution in [3.63, 3.8) is 0 Å². The van der Waals surface area contributed by atoms with Gasteiger partial charge in [-0.05, 0) is 53.2 Å². The van der Waals surface area contributed by atoms with Gasteiger partial charge >= 0.3 is 0 Å². The summed E-state index contributed by atoms with van der Waals surface area (Å²) in [6.45, 7) is 3.97. The van der Waals surface area contributed by atoms with E-state index in [1.54, 1.807) is 6.07 Å². The Morgan fingerprint density at radius 1 is 1.15 bits per heavy atom. The lowest BCUT2D eigenvalue weighted by Crippen LogP contribution is -2.48. The molecule has 26 heavy (non-hydrogen) atoms. The molecule has 1 fully saturated rings. The number of carbonyl (C=O) groups excluding carboxylic acids is 3. The second-order valence-corrected chi connectivity index (χ2v) is 8.17. The molecule has 2 aliphatic rings. The maximum Gasteiger partial charge on any atom is 0.247 e. The number of para-hydroxylation sites is 1. The number of amides is 3. The van der Waals surface area contributed by atoms with Crippen molar-refractivity contribution in [1.82, 2.24) is 4.90 Å². The molecule has 138 valence electrons. The van der Waals surface area contributed by atoms with Gasteiger partial charge in [0.2, 0.25) is 17.7 Å². The Balaban J connectivity index is 1.86. The zero-order valence-corrected chi connectivity index (χ0v) is 16.5. The third-order valence-corrected chi connectivity index (χ3v) is 5.67. The number of rotatable bonds is 5. The number of carbonyl (C=O) groups is 3. The monoisotopic (exact) mass is 418 g/mol. The molecule has 1 aliphatic heterocycles. The van der Waals surface area contributed by atoms with Crippen molar-refractivity contribution in [2.45, 2.75) is 39.2 Å². The number of imide groups is 1. The molecule has 0 aromatic heterocycles. The Morgan fingerprint density at radius 3 is 2.27 bits per heavy atom. The number of allylic oxidation sites excluding steroid dienone is 2. The zero-order valence-electron chi connectivity index (χ0n) is 14.9. The first-order chi connectivity index (χ1) is 12.4. The lowest BCUT2D eigenvalue weighted by molar-refractivity contribution is -0.147. The predicted molar refractivity (Wildman–Crippen MR) is 103 cm³/mol. The average Bonchev–Trinajstić information content (AvgIpc) is 2.86. The fourth-order valence-electron chi connectivity index (χ4n) is 3.69. The molecule has 3 amide bonds. The molecular formula is C20H23BrN2O3. The van der Waals surface area contributed by atoms with E-state index in [0.717, 1.165) is 4.47 Å². The first kappa shape index (κ1) is 18.8. The van der Waals surface area contributed by atoms with E-state index in [2.05, 4.69) is 21.2 Å². The van der Waals surface area contributed by atoms with Crippen molar-refractivity contribution in [2.24, 2.45) is 17.8 Å². The first-order valence-electron chi connectivity index (χ1n) is 8.97. The van der Waals surface area contributed by atoms with Gasteiger partial charge in [-0.3, -0.25) is 19.3 Å². The second-order valence-electron chi connectivity index (χ2n) is 7.32. The fourth-order valence-corrected chi connectivity index (χ4v) is 4.07. The van der Waals surface area contributed by atoms with Gasteiger partial charge in [0, 0.05) is 4.47 Å². The lowest BCUT2D eigenvalue weighted by Gasteiger charge is -2.27. The molecule has 0 saturated carbocycles. The van der Waals surface area contributed by atoms with Crippen molar-refractivity contribution < 1.29 is 14.4 Å². The molecule has 0 spiro atoms. The van der Waals surface area contributed by atoms with Crippen LogP contribution in [-0.2, 0) is 14.4 Å². The molecule has 1 heterocycles. The number of anilines is 1. The molecule has 6 heteroatoms. The summed E-state index contributed by atoms with van der Waals surface area (Å²) in [5, 5.41) is 2.87. The number of likely N-dealkylation sites (tertiary alicyclic amines) is 1. The number of hydrogen-bond donors (Lipinski definition) is 1. The molecule has 0 radical (unpaired) electrons. The van der Waals surface area contributed by atoms with Crippen molar-refractivity contribution in [1.29, 1.82) is 0 Å². The molecule has 1 aliphatic carbocycles. The second kappa shape index (κ2) is 7.74. The third kappa shape index (κ3) is 3.61. The van der Waals surface area contributed by atoms with E-state index in [1.807, 2.05) is 44.2 Å². The normalized spacial score (nSPS) is 23.3. The van der Waals surface area contributed by atoms with E-state index in [1.165, 1.54) is 4.90 Å². The van der Waals surface area contributed by atoms with Gasteiger partial charge < -0.3 is 5.32 Å². The summed E-state index contributed by atoms with van der Waals surface area (Å²) in [7, 11) is 0. The van der Waals surface area contributed by atoms with Crippen LogP contribution < -0.4 is 5.32 Å². The number of fused-ring (bicyclic) bond motifs is 1. The van der Waals surface area contributed by atoms with Crippen LogP contribution in [0.1, 0.15) is 33.1 Å². The molecule has 1 aromatic rings. The fraction of sp³-hybridized carbons (Fsp3) is 0.450. The Labute approximate surface area is 162 Å². The van der Waals surface area contributed by atoms with Crippen LogP contribution in [0.4, 0.5) is 5.69 Å². The van der Waals surface area contributed by atoms with Crippen LogP contribution in [0, 0.1) is 17.8 Å². The molecule has 3 unspecified atom stereocenters. The van der Waals surface area contributed by atoms with Crippen LogP contribution in [0.25, 0.3) is 0 Å². The SMILES string of the molecule is CC(C)CC(C(=O)Nc1ccccc1Br)N1C(=O)C2CC=CCC2C1=O. The topological polar surface area (TPSA) is 66.5 Å². The summed E-state index contributed by atoms with van der Waals surface area (Å²) >= 11 is 3.41. The van der Waals surface area contributed by atoms with Gasteiger partial charge in [0.25, 0.3) is 0 Å². The van der Waals surface area contributed by atoms with Gasteiger partial charge in [0.1, 0.15) is 6.04 Å². The van der Waals surface area contributed by atoms with Crippen LogP contribution in [0.3, 0.4) is 0 Å². The van der Waals surface area contributed by atoms with Crippen LogP contribution in [0.2, 0.25) is 0 Å². The molecule has 5 nitrogen and oxygen atoms in total. The lowest BCUT2D eigenvalue weighted by atomic mass is 9.85. The molecule has 1 aromatic carbocycles. The summed E-state index contributed by atoms with van der Waals surface area (Å²) in [6, 6.07) is 6.51. The minimum Gasteiger partial charge on any atom is -0.323 e. The zero-order chi connectivity index (χ0) is 18.8. The minimum atomic E-state index is -0.785. The molecule has 0 bridgehead atoms. The summed E-state index contributed by atoms with van der Waals surface area (Å²) < 4.78 is 0.758. The van der Waals surface area contributed by atoms with E-state index in [0.29, 0.717) is 24.9 Å². The van der Waals surface area contributed by atoms with Crippen molar-refractivity contribution in [3.05, 3.63) is 40.9 Å². The smallest absolute Gasteiger partial charge is 0.247 e. The van der Waals surface area contributed by atoms with E-state index >= 15 is 0 Å². The summed E-state index contributed by atoms with van der Waals surface area (Å²) in [5.41, 5.74) is 0.629. The van der Waals surface area contributed by atoms with Gasteiger partial charge in [0.05, 0.1) is 17.5 Å². The van der Waals surface area contributed by atoms with Gasteiger partial charge in [-0.2, -0.15) is 0 Å². The van der Waals surface area contributed by atoms with Crippen molar-refractivity contribution in [3.8, 4) is 0 Å². The largest absolute Gasteiger partial charge is 0.323 e. The first-order valence-corrected chi connectivity index (χ1v) is 9.76. The van der Waals surface area contributed by atoms with Crippen LogP contribution in [0.5, 0.6) is 0 Å².